The van der Waals surface area contributed by atoms with E-state index in [4.69, 9.17) is 4.74 Å². The van der Waals surface area contributed by atoms with Crippen molar-refractivity contribution >= 4 is 45.5 Å². The number of rotatable bonds is 9. The molecule has 178 valence electrons. The topological polar surface area (TPSA) is 87.2 Å². The zero-order valence-corrected chi connectivity index (χ0v) is 21.0. The summed E-state index contributed by atoms with van der Waals surface area (Å²) < 4.78 is 4.59. The summed E-state index contributed by atoms with van der Waals surface area (Å²) in [7, 11) is 0. The Morgan fingerprint density at radius 2 is 2.12 bits per heavy atom. The van der Waals surface area contributed by atoms with Crippen LogP contribution in [0, 0.1) is 11.8 Å². The van der Waals surface area contributed by atoms with E-state index in [9.17, 15) is 19.5 Å². The number of amides is 2. The molecule has 3 aliphatic heterocycles. The first-order valence-corrected chi connectivity index (χ1v) is 13.0. The van der Waals surface area contributed by atoms with Gasteiger partial charge in [-0.05, 0) is 18.9 Å². The molecule has 3 fully saturated rings. The summed E-state index contributed by atoms with van der Waals surface area (Å²) >= 11 is 5.28. The highest BCUT2D eigenvalue weighted by Crippen LogP contribution is 2.68. The summed E-state index contributed by atoms with van der Waals surface area (Å²) in [5.74, 6) is -2.05. The minimum atomic E-state index is -0.764. The number of halogens is 1. The number of aliphatic hydroxyl groups excluding tert-OH is 1. The predicted octanol–water partition coefficient (Wildman–Crippen LogP) is 2.22. The average Bonchev–Trinajstić information content (AvgIpc) is 3.38. The van der Waals surface area contributed by atoms with Crippen LogP contribution in [0.15, 0.2) is 43.0 Å². The molecule has 33 heavy (non-hydrogen) atoms. The quantitative estimate of drug-likeness (QED) is 0.296. The van der Waals surface area contributed by atoms with Crippen LogP contribution < -0.4 is 0 Å². The Balaban J connectivity index is 1.72. The van der Waals surface area contributed by atoms with E-state index in [1.807, 2.05) is 30.3 Å². The van der Waals surface area contributed by atoms with Crippen LogP contribution in [0.5, 0.6) is 0 Å². The molecule has 1 spiro atoms. The Morgan fingerprint density at radius 1 is 1.39 bits per heavy atom. The SMILES string of the molecule is C=CCN(Cc1ccccc1)C(=O)C1N(CCO)C(=O)[C@@H]2[C@@H](C(=O)OCC)[C@@H]3SC12CC3Br. The summed E-state index contributed by atoms with van der Waals surface area (Å²) in [6, 6.07) is 8.91. The van der Waals surface area contributed by atoms with Gasteiger partial charge in [-0.2, -0.15) is 0 Å². The van der Waals surface area contributed by atoms with Gasteiger partial charge < -0.3 is 19.6 Å². The van der Waals surface area contributed by atoms with E-state index in [1.165, 1.54) is 4.90 Å². The normalized spacial score (nSPS) is 32.0. The third kappa shape index (κ3) is 4.02. The number of aliphatic hydroxyl groups is 1. The second-order valence-corrected chi connectivity index (χ2v) is 11.4. The lowest BCUT2D eigenvalue weighted by Crippen LogP contribution is -2.55. The summed E-state index contributed by atoms with van der Waals surface area (Å²) in [5, 5.41) is 9.59. The van der Waals surface area contributed by atoms with Gasteiger partial charge in [0.2, 0.25) is 11.8 Å². The van der Waals surface area contributed by atoms with Gasteiger partial charge in [-0.15, -0.1) is 18.3 Å². The van der Waals surface area contributed by atoms with Crippen molar-refractivity contribution in [1.29, 1.82) is 0 Å². The number of nitrogens with zero attached hydrogens (tertiary/aromatic N) is 2. The van der Waals surface area contributed by atoms with E-state index in [0.29, 0.717) is 19.5 Å². The maximum absolute atomic E-state index is 14.1. The molecule has 0 aliphatic carbocycles. The molecule has 1 N–H and O–H groups in total. The van der Waals surface area contributed by atoms with E-state index in [-0.39, 0.29) is 47.6 Å². The second kappa shape index (κ2) is 9.80. The number of ether oxygens (including phenoxy) is 1. The molecule has 1 aromatic carbocycles. The van der Waals surface area contributed by atoms with E-state index in [0.717, 1.165) is 5.56 Å². The Labute approximate surface area is 206 Å². The number of carbonyl (C=O) groups excluding carboxylic acids is 3. The number of β-amino-alcohol motifs (C(OH)–C–C–N with tert-alkyl or cyclic N) is 1. The minimum Gasteiger partial charge on any atom is -0.466 e. The van der Waals surface area contributed by atoms with Gasteiger partial charge in [-0.3, -0.25) is 14.4 Å². The first kappa shape index (κ1) is 24.3. The number of hydrogen-bond donors (Lipinski definition) is 1. The fourth-order valence-corrected chi connectivity index (χ4v) is 9.22. The molecule has 3 saturated heterocycles. The number of benzene rings is 1. The zero-order chi connectivity index (χ0) is 23.8. The fraction of sp³-hybridized carbons (Fsp3) is 0.542. The van der Waals surface area contributed by atoms with Gasteiger partial charge in [0.25, 0.3) is 0 Å². The molecule has 6 atom stereocenters. The van der Waals surface area contributed by atoms with Crippen LogP contribution in [0.2, 0.25) is 0 Å². The number of fused-ring (bicyclic) bond motifs is 1. The van der Waals surface area contributed by atoms with E-state index in [2.05, 4.69) is 22.5 Å². The van der Waals surface area contributed by atoms with Crippen LogP contribution >= 0.6 is 27.7 Å². The Morgan fingerprint density at radius 3 is 2.76 bits per heavy atom. The van der Waals surface area contributed by atoms with E-state index in [1.54, 1.807) is 29.7 Å². The standard InChI is InChI=1S/C24H29BrN2O5S/c1-3-10-26(14-15-8-6-5-7-9-15)22(30)20-24-13-16(25)19(33-24)17(23(31)32-4-2)18(24)21(29)27(20)11-12-28/h3,5-9,16-20,28H,1,4,10-14H2,2H3/t16?,17-,18+,19-,20?,24?/m1/s1. The lowest BCUT2D eigenvalue weighted by atomic mass is 9.71. The second-order valence-electron chi connectivity index (χ2n) is 8.66. The Hall–Kier alpha value is -1.84. The highest BCUT2D eigenvalue weighted by Gasteiger charge is 2.76. The van der Waals surface area contributed by atoms with Crippen molar-refractivity contribution in [1.82, 2.24) is 9.80 Å². The lowest BCUT2D eigenvalue weighted by molar-refractivity contribution is -0.153. The van der Waals surface area contributed by atoms with E-state index < -0.39 is 22.6 Å². The average molecular weight is 537 g/mol. The van der Waals surface area contributed by atoms with Gasteiger partial charge in [0.15, 0.2) is 0 Å². The van der Waals surface area contributed by atoms with Crippen LogP contribution in [0.25, 0.3) is 0 Å². The molecule has 0 radical (unpaired) electrons. The van der Waals surface area contributed by atoms with Crippen LogP contribution in [-0.4, -0.2) is 79.9 Å². The Bertz CT molecular complexity index is 931. The van der Waals surface area contributed by atoms with Crippen molar-refractivity contribution in [3.8, 4) is 0 Å². The van der Waals surface area contributed by atoms with Gasteiger partial charge in [0.05, 0.1) is 29.8 Å². The minimum absolute atomic E-state index is 0.00712. The molecule has 7 nitrogen and oxygen atoms in total. The highest BCUT2D eigenvalue weighted by molar-refractivity contribution is 9.09. The summed E-state index contributed by atoms with van der Waals surface area (Å²) in [5.41, 5.74) is 0.978. The number of thioether (sulfide) groups is 1. The van der Waals surface area contributed by atoms with Gasteiger partial charge in [-0.25, -0.2) is 0 Å². The van der Waals surface area contributed by atoms with Gasteiger partial charge >= 0.3 is 5.97 Å². The zero-order valence-electron chi connectivity index (χ0n) is 18.6. The van der Waals surface area contributed by atoms with Crippen LogP contribution in [-0.2, 0) is 25.7 Å². The number of likely N-dealkylation sites (tertiary alicyclic amines) is 1. The predicted molar refractivity (Wildman–Crippen MR) is 130 cm³/mol. The first-order valence-electron chi connectivity index (χ1n) is 11.2. The fourth-order valence-electron chi connectivity index (χ4n) is 5.63. The molecule has 1 aromatic rings. The number of esters is 1. The van der Waals surface area contributed by atoms with Gasteiger partial charge in [-0.1, -0.05) is 52.3 Å². The monoisotopic (exact) mass is 536 g/mol. The lowest BCUT2D eigenvalue weighted by Gasteiger charge is -2.37. The number of carbonyl (C=O) groups is 3. The third-order valence-electron chi connectivity index (χ3n) is 6.80. The number of alkyl halides is 1. The maximum Gasteiger partial charge on any atom is 0.310 e. The van der Waals surface area contributed by atoms with Crippen LogP contribution in [0.4, 0.5) is 0 Å². The van der Waals surface area contributed by atoms with E-state index >= 15 is 0 Å². The largest absolute Gasteiger partial charge is 0.466 e. The molecule has 4 rings (SSSR count). The van der Waals surface area contributed by atoms with Crippen molar-refractivity contribution < 1.29 is 24.2 Å². The summed E-state index contributed by atoms with van der Waals surface area (Å²) in [4.78, 5) is 43.8. The van der Waals surface area contributed by atoms with Crippen molar-refractivity contribution in [2.24, 2.45) is 11.8 Å². The van der Waals surface area contributed by atoms with Crippen molar-refractivity contribution in [3.05, 3.63) is 48.6 Å². The van der Waals surface area contributed by atoms with Crippen LogP contribution in [0.3, 0.4) is 0 Å². The number of hydrogen-bond acceptors (Lipinski definition) is 6. The van der Waals surface area contributed by atoms with Crippen molar-refractivity contribution in [3.63, 3.8) is 0 Å². The molecule has 3 aliphatic rings. The third-order valence-corrected chi connectivity index (χ3v) is 10.0. The first-order chi connectivity index (χ1) is 15.9. The maximum atomic E-state index is 14.1. The van der Waals surface area contributed by atoms with Crippen molar-refractivity contribution in [2.75, 3.05) is 26.3 Å². The molecule has 2 amide bonds. The molecule has 0 saturated carbocycles. The van der Waals surface area contributed by atoms with Crippen LogP contribution in [0.1, 0.15) is 18.9 Å². The highest BCUT2D eigenvalue weighted by atomic mass is 79.9. The smallest absolute Gasteiger partial charge is 0.310 e. The molecule has 9 heteroatoms. The van der Waals surface area contributed by atoms with Gasteiger partial charge in [0, 0.05) is 29.7 Å². The summed E-state index contributed by atoms with van der Waals surface area (Å²) in [6.45, 7) is 6.31. The molecule has 3 heterocycles. The molecule has 3 unspecified atom stereocenters. The van der Waals surface area contributed by atoms with Gasteiger partial charge in [0.1, 0.15) is 6.04 Å². The summed E-state index contributed by atoms with van der Waals surface area (Å²) in [6.07, 6.45) is 2.28. The molecular weight excluding hydrogens is 508 g/mol. The molecular formula is C24H29BrN2O5S. The van der Waals surface area contributed by atoms with Crippen molar-refractivity contribution in [2.45, 2.75) is 40.8 Å². The molecule has 0 aromatic heterocycles. The Kier molecular flexibility index (Phi) is 7.21. The molecule has 2 bridgehead atoms.